The van der Waals surface area contributed by atoms with Crippen LogP contribution in [0.15, 0.2) is 182 Å². The molecule has 7 heteroatoms. The molecule has 12 rings (SSSR count). The summed E-state index contributed by atoms with van der Waals surface area (Å²) in [4.78, 5) is 20.8. The molecule has 6 nitrogen and oxygen atoms in total. The second kappa shape index (κ2) is 12.5. The Kier molecular flexibility index (Phi) is 7.00. The second-order valence-corrected chi connectivity index (χ2v) is 15.3. The van der Waals surface area contributed by atoms with Crippen LogP contribution >= 0.6 is 11.3 Å². The second-order valence-electron chi connectivity index (χ2n) is 14.3. The Balaban J connectivity index is 1.18. The van der Waals surface area contributed by atoms with Gasteiger partial charge in [0.2, 0.25) is 5.95 Å². The predicted molar refractivity (Wildman–Crippen MR) is 235 cm³/mol. The Labute approximate surface area is 330 Å². The van der Waals surface area contributed by atoms with Gasteiger partial charge in [0, 0.05) is 43.9 Å². The number of rotatable bonds is 5. The van der Waals surface area contributed by atoms with Crippen LogP contribution in [0.4, 0.5) is 0 Å². The molecule has 0 saturated carbocycles. The summed E-state index contributed by atoms with van der Waals surface area (Å²) in [6.07, 6.45) is 0. The smallest absolute Gasteiger partial charge is 0.238 e. The molecule has 0 aliphatic carbocycles. The molecular weight excluding hydrogens is 717 g/mol. The molecule has 0 unspecified atom stereocenters. The summed E-state index contributed by atoms with van der Waals surface area (Å²) >= 11 is 1.72. The molecule has 0 atom stereocenters. The number of thiazole rings is 1. The van der Waals surface area contributed by atoms with Gasteiger partial charge in [0.15, 0.2) is 11.6 Å². The van der Waals surface area contributed by atoms with Crippen LogP contribution in [0, 0.1) is 0 Å². The Morgan fingerprint density at radius 1 is 0.386 bits per heavy atom. The van der Waals surface area contributed by atoms with Gasteiger partial charge in [-0.1, -0.05) is 140 Å². The van der Waals surface area contributed by atoms with Gasteiger partial charge in [0.05, 0.1) is 32.3 Å². The van der Waals surface area contributed by atoms with Crippen molar-refractivity contribution in [2.45, 2.75) is 0 Å². The highest BCUT2D eigenvalue weighted by Crippen LogP contribution is 2.42. The summed E-state index contributed by atoms with van der Waals surface area (Å²) in [6.45, 7) is 0. The van der Waals surface area contributed by atoms with Crippen LogP contribution in [0.1, 0.15) is 0 Å². The van der Waals surface area contributed by atoms with E-state index in [4.69, 9.17) is 19.9 Å². The van der Waals surface area contributed by atoms with Crippen LogP contribution in [0.25, 0.3) is 110 Å². The molecule has 0 aliphatic heterocycles. The number of para-hydroxylation sites is 3. The fourth-order valence-corrected chi connectivity index (χ4v) is 9.35. The Morgan fingerprint density at radius 3 is 1.81 bits per heavy atom. The zero-order chi connectivity index (χ0) is 37.5. The molecule has 0 N–H and O–H groups in total. The quantitative estimate of drug-likeness (QED) is 0.176. The highest BCUT2D eigenvalue weighted by atomic mass is 32.1. The number of hydrogen-bond donors (Lipinski definition) is 0. The molecule has 57 heavy (non-hydrogen) atoms. The van der Waals surface area contributed by atoms with Gasteiger partial charge in [0.25, 0.3) is 0 Å². The number of nitrogens with zero attached hydrogens (tertiary/aromatic N) is 6. The Bertz CT molecular complexity index is 3510. The van der Waals surface area contributed by atoms with E-state index in [2.05, 4.69) is 167 Å². The van der Waals surface area contributed by atoms with Gasteiger partial charge in [0.1, 0.15) is 5.01 Å². The normalized spacial score (nSPS) is 11.9. The van der Waals surface area contributed by atoms with Crippen LogP contribution in [-0.4, -0.2) is 29.1 Å². The van der Waals surface area contributed by atoms with Gasteiger partial charge >= 0.3 is 0 Å². The van der Waals surface area contributed by atoms with E-state index in [9.17, 15) is 0 Å². The predicted octanol–water partition coefficient (Wildman–Crippen LogP) is 12.8. The summed E-state index contributed by atoms with van der Waals surface area (Å²) in [6, 6.07) is 63.9. The molecule has 4 aromatic heterocycles. The van der Waals surface area contributed by atoms with Crippen LogP contribution in [0.3, 0.4) is 0 Å². The minimum atomic E-state index is 0.561. The summed E-state index contributed by atoms with van der Waals surface area (Å²) < 4.78 is 5.83. The number of benzene rings is 8. The zero-order valence-corrected chi connectivity index (χ0v) is 31.2. The van der Waals surface area contributed by atoms with Crippen molar-refractivity contribution >= 4 is 75.9 Å². The third-order valence-corrected chi connectivity index (χ3v) is 12.1. The molecule has 0 amide bonds. The number of hydrogen-bond acceptors (Lipinski definition) is 5. The van der Waals surface area contributed by atoms with Crippen molar-refractivity contribution < 1.29 is 0 Å². The first-order valence-electron chi connectivity index (χ1n) is 19.0. The molecular formula is C50H30N6S. The van der Waals surface area contributed by atoms with Gasteiger partial charge in [-0.2, -0.15) is 9.97 Å². The van der Waals surface area contributed by atoms with E-state index in [1.54, 1.807) is 11.3 Å². The van der Waals surface area contributed by atoms with Crippen molar-refractivity contribution in [1.29, 1.82) is 0 Å². The van der Waals surface area contributed by atoms with Gasteiger partial charge in [-0.3, -0.25) is 4.57 Å². The van der Waals surface area contributed by atoms with Crippen LogP contribution in [0.2, 0.25) is 0 Å². The molecule has 0 spiro atoms. The van der Waals surface area contributed by atoms with Crippen LogP contribution in [0.5, 0.6) is 0 Å². The standard InChI is InChI=1S/C50H30N6S/c1-2-14-32(15-3-1)47-52-48(34-26-25-31-13-4-5-16-33(31)29-34)54-50(53-47)56-43-23-10-7-20-38(43)40-28-27-39-37-19-6-9-22-42(37)55(45(39)46(40)56)36-18-12-17-35(30-36)49-51-41-21-8-11-24-44(41)57-49/h1-30H. The van der Waals surface area contributed by atoms with Crippen molar-refractivity contribution in [3.05, 3.63) is 182 Å². The first kappa shape index (κ1) is 31.8. The first-order chi connectivity index (χ1) is 28.2. The summed E-state index contributed by atoms with van der Waals surface area (Å²) in [7, 11) is 0. The topological polar surface area (TPSA) is 61.4 Å². The number of fused-ring (bicyclic) bond motifs is 9. The zero-order valence-electron chi connectivity index (χ0n) is 30.4. The summed E-state index contributed by atoms with van der Waals surface area (Å²) in [5, 5.41) is 7.88. The fourth-order valence-electron chi connectivity index (χ4n) is 8.39. The van der Waals surface area contributed by atoms with E-state index in [0.29, 0.717) is 17.6 Å². The van der Waals surface area contributed by atoms with Gasteiger partial charge < -0.3 is 4.57 Å². The van der Waals surface area contributed by atoms with Crippen molar-refractivity contribution in [2.75, 3.05) is 0 Å². The lowest BCUT2D eigenvalue weighted by Crippen LogP contribution is -2.07. The lowest BCUT2D eigenvalue weighted by molar-refractivity contribution is 0.953. The van der Waals surface area contributed by atoms with Crippen molar-refractivity contribution in [3.8, 4) is 45.0 Å². The third kappa shape index (κ3) is 5.03. The maximum absolute atomic E-state index is 5.34. The number of aromatic nitrogens is 6. The maximum Gasteiger partial charge on any atom is 0.238 e. The molecule has 266 valence electrons. The van der Waals surface area contributed by atoms with E-state index in [1.165, 1.54) is 15.5 Å². The highest BCUT2D eigenvalue weighted by Gasteiger charge is 2.24. The molecule has 12 aromatic rings. The average molecular weight is 747 g/mol. The highest BCUT2D eigenvalue weighted by molar-refractivity contribution is 7.21. The monoisotopic (exact) mass is 746 g/mol. The minimum absolute atomic E-state index is 0.561. The maximum atomic E-state index is 5.34. The molecule has 4 heterocycles. The van der Waals surface area contributed by atoms with Crippen molar-refractivity contribution in [3.63, 3.8) is 0 Å². The Morgan fingerprint density at radius 2 is 1.02 bits per heavy atom. The summed E-state index contributed by atoms with van der Waals surface area (Å²) in [5.41, 5.74) is 9.27. The van der Waals surface area contributed by atoms with Crippen LogP contribution < -0.4 is 0 Å². The van der Waals surface area contributed by atoms with Gasteiger partial charge in [-0.05, 0) is 53.2 Å². The van der Waals surface area contributed by atoms with Crippen molar-refractivity contribution in [2.24, 2.45) is 0 Å². The Hall–Kier alpha value is -7.48. The molecule has 8 aromatic carbocycles. The summed E-state index contributed by atoms with van der Waals surface area (Å²) in [5.74, 6) is 1.79. The minimum Gasteiger partial charge on any atom is -0.307 e. The lowest BCUT2D eigenvalue weighted by Gasteiger charge is -2.14. The van der Waals surface area contributed by atoms with E-state index in [1.807, 2.05) is 24.3 Å². The van der Waals surface area contributed by atoms with Crippen molar-refractivity contribution in [1.82, 2.24) is 29.1 Å². The molecule has 0 radical (unpaired) electrons. The first-order valence-corrected chi connectivity index (χ1v) is 19.8. The molecule has 0 saturated heterocycles. The van der Waals surface area contributed by atoms with Gasteiger partial charge in [-0.25, -0.2) is 9.97 Å². The third-order valence-electron chi connectivity index (χ3n) is 11.0. The lowest BCUT2D eigenvalue weighted by atomic mass is 10.1. The largest absolute Gasteiger partial charge is 0.307 e. The van der Waals surface area contributed by atoms with E-state index in [-0.39, 0.29) is 0 Å². The van der Waals surface area contributed by atoms with E-state index in [0.717, 1.165) is 76.5 Å². The fraction of sp³-hybridized carbons (Fsp3) is 0. The average Bonchev–Trinajstić information content (AvgIpc) is 3.97. The molecule has 0 bridgehead atoms. The molecule has 0 aliphatic rings. The van der Waals surface area contributed by atoms with Gasteiger partial charge in [-0.15, -0.1) is 11.3 Å². The van der Waals surface area contributed by atoms with E-state index < -0.39 is 0 Å². The molecule has 0 fully saturated rings. The SMILES string of the molecule is c1ccc(-c2nc(-c3ccc4ccccc4c3)nc(-n3c4ccccc4c4ccc5c6ccccc6n(-c6cccc(-c7nc8ccccc8s7)c6)c5c43)n2)cc1. The van der Waals surface area contributed by atoms with Crippen LogP contribution in [-0.2, 0) is 0 Å². The van der Waals surface area contributed by atoms with E-state index >= 15 is 0 Å².